The first-order chi connectivity index (χ1) is 40.0. The Kier molecular flexibility index (Phi) is 66.2. The fourth-order valence-electron chi connectivity index (χ4n) is 10.1. The van der Waals surface area contributed by atoms with E-state index < -0.39 is 6.10 Å². The highest BCUT2D eigenvalue weighted by Gasteiger charge is 2.19. The van der Waals surface area contributed by atoms with Crippen LogP contribution < -0.4 is 0 Å². The zero-order valence-electron chi connectivity index (χ0n) is 53.8. The number of unbranched alkanes of at least 4 members (excludes halogenated alkanes) is 39. The van der Waals surface area contributed by atoms with Gasteiger partial charge in [0.25, 0.3) is 0 Å². The largest absolute Gasteiger partial charge is 0.462 e. The lowest BCUT2D eigenvalue weighted by molar-refractivity contribution is -0.167. The third-order valence-electron chi connectivity index (χ3n) is 15.4. The molecule has 1 unspecified atom stereocenters. The van der Waals surface area contributed by atoms with Gasteiger partial charge in [0.2, 0.25) is 0 Å². The number of carbonyl (C=O) groups excluding carboxylic acids is 3. The molecule has 0 bridgehead atoms. The molecule has 0 aromatic carbocycles. The number of hydrogen-bond donors (Lipinski definition) is 0. The van der Waals surface area contributed by atoms with Gasteiger partial charge in [0, 0.05) is 19.3 Å². The normalized spacial score (nSPS) is 12.6. The molecule has 0 aliphatic heterocycles. The van der Waals surface area contributed by atoms with Crippen molar-refractivity contribution in [2.24, 2.45) is 0 Å². The Balaban J connectivity index is 4.32. The van der Waals surface area contributed by atoms with Gasteiger partial charge in [-0.25, -0.2) is 0 Å². The van der Waals surface area contributed by atoms with Gasteiger partial charge in [0.1, 0.15) is 13.2 Å². The number of ether oxygens (including phenoxy) is 3. The molecule has 468 valence electrons. The molecule has 0 amide bonds. The Bertz CT molecular complexity index is 1530. The third-order valence-corrected chi connectivity index (χ3v) is 15.4. The number of carbonyl (C=O) groups is 3. The average Bonchev–Trinajstić information content (AvgIpc) is 3.47. The van der Waals surface area contributed by atoms with Crippen LogP contribution in [0.5, 0.6) is 0 Å². The van der Waals surface area contributed by atoms with Crippen molar-refractivity contribution in [2.75, 3.05) is 13.2 Å². The molecule has 0 N–H and O–H groups in total. The van der Waals surface area contributed by atoms with Crippen LogP contribution in [0.15, 0.2) is 85.1 Å². The van der Waals surface area contributed by atoms with E-state index in [1.165, 1.54) is 205 Å². The minimum absolute atomic E-state index is 0.0831. The van der Waals surface area contributed by atoms with Crippen LogP contribution in [-0.4, -0.2) is 37.2 Å². The minimum Gasteiger partial charge on any atom is -0.462 e. The molecule has 0 saturated carbocycles. The quantitative estimate of drug-likeness (QED) is 0.0261. The predicted octanol–water partition coefficient (Wildman–Crippen LogP) is 24.2. The number of allylic oxidation sites excluding steroid dienone is 14. The molecule has 6 nitrogen and oxygen atoms in total. The molecule has 0 aromatic heterocycles. The van der Waals surface area contributed by atoms with Gasteiger partial charge in [-0.2, -0.15) is 0 Å². The maximum Gasteiger partial charge on any atom is 0.306 e. The molecule has 0 spiro atoms. The summed E-state index contributed by atoms with van der Waals surface area (Å²) in [4.78, 5) is 38.5. The summed E-state index contributed by atoms with van der Waals surface area (Å²) in [7, 11) is 0. The molecular formula is C75H132O6. The summed E-state index contributed by atoms with van der Waals surface area (Å²) in [6, 6.07) is 0. The van der Waals surface area contributed by atoms with Gasteiger partial charge in [-0.15, -0.1) is 0 Å². The van der Waals surface area contributed by atoms with E-state index in [2.05, 4.69) is 106 Å². The summed E-state index contributed by atoms with van der Waals surface area (Å²) in [6.07, 6.45) is 91.8. The Morgan fingerprint density at radius 1 is 0.259 bits per heavy atom. The van der Waals surface area contributed by atoms with E-state index in [1.807, 2.05) is 0 Å². The van der Waals surface area contributed by atoms with Crippen molar-refractivity contribution in [3.63, 3.8) is 0 Å². The molecule has 81 heavy (non-hydrogen) atoms. The Morgan fingerprint density at radius 2 is 0.481 bits per heavy atom. The van der Waals surface area contributed by atoms with Crippen LogP contribution in [0.2, 0.25) is 0 Å². The SMILES string of the molecule is CC/C=C\C/C=C\C/C=C\CCCCCCCCCC(=O)OCC(COC(=O)CCCCCCCCCCCCCCCCC/C=C\CCCCCCCCCC)OC(=O)CCCCCCCC/C=C\C/C=C\C/C=C\CCCCC. The van der Waals surface area contributed by atoms with Crippen molar-refractivity contribution in [3.8, 4) is 0 Å². The minimum atomic E-state index is -0.790. The maximum atomic E-state index is 12.9. The molecule has 0 radical (unpaired) electrons. The maximum absolute atomic E-state index is 12.9. The monoisotopic (exact) mass is 1130 g/mol. The fourth-order valence-corrected chi connectivity index (χ4v) is 10.1. The van der Waals surface area contributed by atoms with E-state index in [-0.39, 0.29) is 31.1 Å². The topological polar surface area (TPSA) is 78.9 Å². The van der Waals surface area contributed by atoms with E-state index in [0.717, 1.165) is 109 Å². The van der Waals surface area contributed by atoms with Crippen LogP contribution >= 0.6 is 0 Å². The molecule has 0 aliphatic rings. The molecule has 0 aromatic rings. The average molecular weight is 1130 g/mol. The Morgan fingerprint density at radius 3 is 0.790 bits per heavy atom. The van der Waals surface area contributed by atoms with Gasteiger partial charge >= 0.3 is 17.9 Å². The van der Waals surface area contributed by atoms with Gasteiger partial charge in [-0.05, 0) is 116 Å². The van der Waals surface area contributed by atoms with E-state index in [1.54, 1.807) is 0 Å². The van der Waals surface area contributed by atoms with Crippen molar-refractivity contribution in [1.82, 2.24) is 0 Å². The van der Waals surface area contributed by atoms with Crippen molar-refractivity contribution < 1.29 is 28.6 Å². The molecule has 0 heterocycles. The summed E-state index contributed by atoms with van der Waals surface area (Å²) < 4.78 is 17.0. The van der Waals surface area contributed by atoms with Crippen molar-refractivity contribution in [2.45, 2.75) is 361 Å². The van der Waals surface area contributed by atoms with Gasteiger partial charge in [0.15, 0.2) is 6.10 Å². The van der Waals surface area contributed by atoms with Crippen molar-refractivity contribution >= 4 is 17.9 Å². The Labute approximate surface area is 503 Å². The Hall–Kier alpha value is -3.41. The smallest absolute Gasteiger partial charge is 0.306 e. The van der Waals surface area contributed by atoms with Gasteiger partial charge in [-0.1, -0.05) is 305 Å². The lowest BCUT2D eigenvalue weighted by Gasteiger charge is -2.18. The van der Waals surface area contributed by atoms with Gasteiger partial charge in [-0.3, -0.25) is 14.4 Å². The number of hydrogen-bond acceptors (Lipinski definition) is 6. The van der Waals surface area contributed by atoms with Gasteiger partial charge in [0.05, 0.1) is 0 Å². The number of esters is 3. The molecule has 0 rings (SSSR count). The summed E-state index contributed by atoms with van der Waals surface area (Å²) in [6.45, 7) is 6.53. The second kappa shape index (κ2) is 69.1. The summed E-state index contributed by atoms with van der Waals surface area (Å²) in [5, 5.41) is 0. The van der Waals surface area contributed by atoms with Crippen molar-refractivity contribution in [1.29, 1.82) is 0 Å². The van der Waals surface area contributed by atoms with Crippen molar-refractivity contribution in [3.05, 3.63) is 85.1 Å². The van der Waals surface area contributed by atoms with E-state index in [0.29, 0.717) is 19.3 Å². The first kappa shape index (κ1) is 77.6. The highest BCUT2D eigenvalue weighted by molar-refractivity contribution is 5.71. The standard InChI is InChI=1S/C75H132O6/c1-4-7-10-13-16-19-22-25-28-31-33-34-35-36-37-38-39-40-42-44-47-50-53-56-59-62-65-68-74(77)80-71-72(70-79-73(76)67-64-61-58-55-52-49-46-43-30-27-24-21-18-15-12-9-6-3)81-75(78)69-66-63-60-57-54-51-48-45-41-32-29-26-23-20-17-14-11-8-5-2/h9,12,17-18,20-21,26-27,29-31,33,41,45,72H,4-8,10-11,13-16,19,22-25,28,32,34-40,42-44,46-71H2,1-3H3/b12-9-,20-17-,21-18-,29-26-,30-27-,33-31-,45-41-. The second-order valence-electron chi connectivity index (χ2n) is 23.4. The van der Waals surface area contributed by atoms with Crippen LogP contribution in [0.3, 0.4) is 0 Å². The highest BCUT2D eigenvalue weighted by atomic mass is 16.6. The molecule has 0 aliphatic carbocycles. The van der Waals surface area contributed by atoms with Crippen LogP contribution in [0.4, 0.5) is 0 Å². The van der Waals surface area contributed by atoms with E-state index in [9.17, 15) is 14.4 Å². The molecule has 1 atom stereocenters. The first-order valence-electron chi connectivity index (χ1n) is 35.1. The summed E-state index contributed by atoms with van der Waals surface area (Å²) in [5.74, 6) is -0.889. The predicted molar refractivity (Wildman–Crippen MR) is 353 cm³/mol. The van der Waals surface area contributed by atoms with Crippen LogP contribution in [0, 0.1) is 0 Å². The highest BCUT2D eigenvalue weighted by Crippen LogP contribution is 2.17. The van der Waals surface area contributed by atoms with E-state index >= 15 is 0 Å². The molecule has 0 fully saturated rings. The summed E-state index contributed by atoms with van der Waals surface area (Å²) >= 11 is 0. The first-order valence-corrected chi connectivity index (χ1v) is 35.1. The molecular weight excluding hydrogens is 997 g/mol. The van der Waals surface area contributed by atoms with Crippen LogP contribution in [0.25, 0.3) is 0 Å². The molecule has 6 heteroatoms. The second-order valence-corrected chi connectivity index (χ2v) is 23.4. The lowest BCUT2D eigenvalue weighted by Crippen LogP contribution is -2.30. The molecule has 0 saturated heterocycles. The third kappa shape index (κ3) is 67.3. The summed E-state index contributed by atoms with van der Waals surface area (Å²) in [5.41, 5.74) is 0. The van der Waals surface area contributed by atoms with Crippen LogP contribution in [-0.2, 0) is 28.6 Å². The fraction of sp³-hybridized carbons (Fsp3) is 0.773. The zero-order chi connectivity index (χ0) is 58.5. The number of rotatable bonds is 64. The van der Waals surface area contributed by atoms with Crippen LogP contribution in [0.1, 0.15) is 355 Å². The zero-order valence-corrected chi connectivity index (χ0v) is 53.8. The van der Waals surface area contributed by atoms with E-state index in [4.69, 9.17) is 14.2 Å². The lowest BCUT2D eigenvalue weighted by atomic mass is 10.0. The van der Waals surface area contributed by atoms with Gasteiger partial charge < -0.3 is 14.2 Å².